The Kier molecular flexibility index (Phi) is 3.89. The van der Waals surface area contributed by atoms with Gasteiger partial charge in [-0.05, 0) is 54.3 Å². The molecule has 0 saturated heterocycles. The SMILES string of the molecule is CN1CN(C23c4cccc(F)c4CC2Cc2c(F)cccc23)n2ccc(=O)c(O)c2C1O. The molecule has 3 aromatic rings. The maximum Gasteiger partial charge on any atom is 0.223 e. The molecular weight excluding hydrogens is 416 g/mol. The normalized spacial score (nSPS) is 25.9. The number of nitrogens with zero attached hydrogens (tertiary/aromatic N) is 3. The van der Waals surface area contributed by atoms with Crippen LogP contribution < -0.4 is 10.4 Å². The second kappa shape index (κ2) is 6.40. The van der Waals surface area contributed by atoms with Crippen molar-refractivity contribution in [2.45, 2.75) is 24.6 Å². The highest BCUT2D eigenvalue weighted by molar-refractivity contribution is 5.59. The highest BCUT2D eigenvalue weighted by Gasteiger charge is 2.59. The van der Waals surface area contributed by atoms with Crippen molar-refractivity contribution < 1.29 is 19.0 Å². The van der Waals surface area contributed by atoms with Gasteiger partial charge in [0.2, 0.25) is 5.43 Å². The predicted octanol–water partition coefficient (Wildman–Crippen LogP) is 2.34. The van der Waals surface area contributed by atoms with Gasteiger partial charge >= 0.3 is 0 Å². The summed E-state index contributed by atoms with van der Waals surface area (Å²) in [5.74, 6) is -1.32. The van der Waals surface area contributed by atoms with Gasteiger partial charge in [0, 0.05) is 18.2 Å². The fourth-order valence-electron chi connectivity index (χ4n) is 6.01. The molecule has 6 nitrogen and oxygen atoms in total. The van der Waals surface area contributed by atoms with Crippen LogP contribution >= 0.6 is 0 Å². The number of aromatic nitrogens is 1. The number of hydrogen-bond donors (Lipinski definition) is 2. The molecule has 0 amide bonds. The Morgan fingerprint density at radius 2 is 1.59 bits per heavy atom. The van der Waals surface area contributed by atoms with Crippen LogP contribution in [0.2, 0.25) is 0 Å². The number of rotatable bonds is 1. The Morgan fingerprint density at radius 1 is 1.00 bits per heavy atom. The summed E-state index contributed by atoms with van der Waals surface area (Å²) in [6.07, 6.45) is 1.16. The fraction of sp³-hybridized carbons (Fsp3) is 0.292. The molecule has 2 heterocycles. The number of pyridine rings is 1. The van der Waals surface area contributed by atoms with Gasteiger partial charge < -0.3 is 10.2 Å². The van der Waals surface area contributed by atoms with E-state index in [-0.39, 0.29) is 29.9 Å². The number of fused-ring (bicyclic) bond motifs is 6. The third-order valence-corrected chi connectivity index (χ3v) is 7.33. The maximum absolute atomic E-state index is 14.9. The van der Waals surface area contributed by atoms with Crippen molar-refractivity contribution in [2.24, 2.45) is 5.92 Å². The van der Waals surface area contributed by atoms with E-state index in [0.717, 1.165) is 11.1 Å². The number of benzene rings is 2. The zero-order valence-corrected chi connectivity index (χ0v) is 17.3. The lowest BCUT2D eigenvalue weighted by molar-refractivity contribution is -0.0180. The predicted molar refractivity (Wildman–Crippen MR) is 113 cm³/mol. The first-order valence-electron chi connectivity index (χ1n) is 10.5. The third-order valence-electron chi connectivity index (χ3n) is 7.33. The molecule has 2 aliphatic carbocycles. The summed E-state index contributed by atoms with van der Waals surface area (Å²) in [7, 11) is 1.67. The highest BCUT2D eigenvalue weighted by atomic mass is 19.1. The summed E-state index contributed by atoms with van der Waals surface area (Å²) < 4.78 is 31.4. The molecule has 0 saturated carbocycles. The molecule has 6 rings (SSSR count). The smallest absolute Gasteiger partial charge is 0.223 e. The molecule has 1 atom stereocenters. The number of halogens is 2. The second-order valence-corrected chi connectivity index (χ2v) is 8.83. The van der Waals surface area contributed by atoms with Crippen LogP contribution in [0.15, 0.2) is 53.5 Å². The maximum atomic E-state index is 14.9. The summed E-state index contributed by atoms with van der Waals surface area (Å²) in [6, 6.07) is 11.1. The second-order valence-electron chi connectivity index (χ2n) is 8.83. The first-order valence-corrected chi connectivity index (χ1v) is 10.5. The van der Waals surface area contributed by atoms with E-state index in [4.69, 9.17) is 0 Å². The van der Waals surface area contributed by atoms with Crippen molar-refractivity contribution in [3.05, 3.63) is 98.5 Å². The van der Waals surface area contributed by atoms with Gasteiger partial charge in [0.1, 0.15) is 22.9 Å². The van der Waals surface area contributed by atoms with Gasteiger partial charge in [-0.2, -0.15) is 0 Å². The van der Waals surface area contributed by atoms with Gasteiger partial charge in [-0.3, -0.25) is 19.4 Å². The van der Waals surface area contributed by atoms with Crippen LogP contribution in [0.3, 0.4) is 0 Å². The lowest BCUT2D eigenvalue weighted by Crippen LogP contribution is -2.62. The number of hydrogen-bond acceptors (Lipinski definition) is 5. The van der Waals surface area contributed by atoms with Crippen molar-refractivity contribution in [2.75, 3.05) is 18.7 Å². The van der Waals surface area contributed by atoms with Crippen LogP contribution in [0.4, 0.5) is 8.78 Å². The summed E-state index contributed by atoms with van der Waals surface area (Å²) in [5.41, 5.74) is 1.16. The minimum absolute atomic E-state index is 0.0362. The van der Waals surface area contributed by atoms with Crippen molar-refractivity contribution in [3.63, 3.8) is 0 Å². The van der Waals surface area contributed by atoms with Gasteiger partial charge in [-0.25, -0.2) is 8.78 Å². The van der Waals surface area contributed by atoms with E-state index in [9.17, 15) is 23.8 Å². The summed E-state index contributed by atoms with van der Waals surface area (Å²) in [6.45, 7) is 0.207. The Bertz CT molecular complexity index is 1280. The van der Waals surface area contributed by atoms with Crippen LogP contribution in [-0.2, 0) is 18.4 Å². The summed E-state index contributed by atoms with van der Waals surface area (Å²) >= 11 is 0. The largest absolute Gasteiger partial charge is 0.503 e. The zero-order chi connectivity index (χ0) is 22.4. The zero-order valence-electron chi connectivity index (χ0n) is 17.3. The van der Waals surface area contributed by atoms with Crippen molar-refractivity contribution in [1.29, 1.82) is 0 Å². The first-order chi connectivity index (χ1) is 15.4. The van der Waals surface area contributed by atoms with Gasteiger partial charge in [0.15, 0.2) is 12.0 Å². The fourth-order valence-corrected chi connectivity index (χ4v) is 6.01. The average Bonchev–Trinajstić information content (AvgIpc) is 3.27. The molecule has 8 heteroatoms. The van der Waals surface area contributed by atoms with E-state index < -0.39 is 22.9 Å². The molecule has 1 aliphatic heterocycles. The summed E-state index contributed by atoms with van der Waals surface area (Å²) in [4.78, 5) is 13.8. The van der Waals surface area contributed by atoms with Gasteiger partial charge in [-0.15, -0.1) is 0 Å². The van der Waals surface area contributed by atoms with E-state index in [1.165, 1.54) is 24.4 Å². The van der Waals surface area contributed by atoms with E-state index in [2.05, 4.69) is 0 Å². The minimum Gasteiger partial charge on any atom is -0.503 e. The molecule has 0 spiro atoms. The van der Waals surface area contributed by atoms with Gasteiger partial charge in [0.05, 0.1) is 6.67 Å². The van der Waals surface area contributed by atoms with E-state index >= 15 is 0 Å². The Balaban J connectivity index is 1.71. The van der Waals surface area contributed by atoms with E-state index in [1.54, 1.807) is 28.8 Å². The monoisotopic (exact) mass is 437 g/mol. The van der Waals surface area contributed by atoms with Crippen LogP contribution in [0.5, 0.6) is 5.75 Å². The first kappa shape index (κ1) is 19.5. The number of aliphatic hydroxyl groups is 1. The average molecular weight is 437 g/mol. The topological polar surface area (TPSA) is 68.9 Å². The van der Waals surface area contributed by atoms with Crippen LogP contribution in [0, 0.1) is 17.6 Å². The molecule has 3 aliphatic rings. The van der Waals surface area contributed by atoms with E-state index in [1.807, 2.05) is 17.1 Å². The molecule has 164 valence electrons. The third kappa shape index (κ3) is 2.21. The quantitative estimate of drug-likeness (QED) is 0.612. The number of aromatic hydroxyl groups is 1. The summed E-state index contributed by atoms with van der Waals surface area (Å²) in [5, 5.41) is 23.2. The molecule has 0 bridgehead atoms. The molecule has 1 aromatic heterocycles. The minimum atomic E-state index is -1.21. The Morgan fingerprint density at radius 3 is 2.19 bits per heavy atom. The number of aliphatic hydroxyl groups excluding tert-OH is 1. The van der Waals surface area contributed by atoms with Crippen LogP contribution in [-0.4, -0.2) is 33.5 Å². The Hall–Kier alpha value is -3.23. The molecule has 0 fully saturated rings. The van der Waals surface area contributed by atoms with Crippen LogP contribution in [0.1, 0.15) is 34.2 Å². The van der Waals surface area contributed by atoms with Crippen LogP contribution in [0.25, 0.3) is 0 Å². The molecule has 1 unspecified atom stereocenters. The Labute approximate surface area is 182 Å². The van der Waals surface area contributed by atoms with Crippen molar-refractivity contribution in [3.8, 4) is 5.75 Å². The highest BCUT2D eigenvalue weighted by Crippen LogP contribution is 2.57. The van der Waals surface area contributed by atoms with Crippen molar-refractivity contribution in [1.82, 2.24) is 9.58 Å². The molecule has 2 N–H and O–H groups in total. The molecule has 2 aromatic carbocycles. The molecular formula is C24H21F2N3O3. The van der Waals surface area contributed by atoms with E-state index in [0.29, 0.717) is 24.0 Å². The molecule has 0 radical (unpaired) electrons. The van der Waals surface area contributed by atoms with Gasteiger partial charge in [0.25, 0.3) is 0 Å². The standard InChI is InChI=1S/C24H21F2N3O3/c1-27-12-29(28-9-8-20(30)22(31)21(28)23(27)32)24-13(10-14-16(24)4-2-6-18(14)25)11-15-17(24)5-3-7-19(15)26/h2-9,13,23,31-32H,10-12H2,1H3. The van der Waals surface area contributed by atoms with Gasteiger partial charge in [-0.1, -0.05) is 24.3 Å². The lowest BCUT2D eigenvalue weighted by Gasteiger charge is -2.51. The lowest BCUT2D eigenvalue weighted by atomic mass is 9.81. The van der Waals surface area contributed by atoms with Crippen molar-refractivity contribution >= 4 is 0 Å². The molecule has 32 heavy (non-hydrogen) atoms.